The topological polar surface area (TPSA) is 48.1 Å². The first-order chi connectivity index (χ1) is 6.57. The van der Waals surface area contributed by atoms with Gasteiger partial charge in [-0.2, -0.15) is 0 Å². The predicted octanol–water partition coefficient (Wildman–Crippen LogP) is 1.65. The second-order valence-corrected chi connectivity index (χ2v) is 4.12. The Kier molecular flexibility index (Phi) is 2.00. The van der Waals surface area contributed by atoms with Crippen molar-refractivity contribution in [2.24, 2.45) is 5.73 Å². The highest BCUT2D eigenvalue weighted by Gasteiger charge is 2.43. The van der Waals surface area contributed by atoms with Gasteiger partial charge in [-0.15, -0.1) is 0 Å². The molecule has 0 bridgehead atoms. The van der Waals surface area contributed by atoms with Crippen molar-refractivity contribution in [1.82, 2.24) is 4.98 Å². The zero-order valence-electron chi connectivity index (χ0n) is 8.92. The third-order valence-corrected chi connectivity index (χ3v) is 2.79. The van der Waals surface area contributed by atoms with Crippen molar-refractivity contribution < 1.29 is 4.74 Å². The van der Waals surface area contributed by atoms with Gasteiger partial charge in [0.1, 0.15) is 0 Å². The smallest absolute Gasteiger partial charge is 0.218 e. The molecule has 0 amide bonds. The van der Waals surface area contributed by atoms with E-state index in [1.807, 2.05) is 6.92 Å². The standard InChI is InChI=1S/C11H16N2O/c1-7-6-8(2)13-10(14-3)9(7)11(12)4-5-11/h6H,4-5,12H2,1-3H3. The Morgan fingerprint density at radius 1 is 1.43 bits per heavy atom. The van der Waals surface area contributed by atoms with Crippen LogP contribution < -0.4 is 10.5 Å². The predicted molar refractivity (Wildman–Crippen MR) is 55.4 cm³/mol. The number of methoxy groups -OCH3 is 1. The number of hydrogen-bond acceptors (Lipinski definition) is 3. The molecule has 1 heterocycles. The Morgan fingerprint density at radius 2 is 2.07 bits per heavy atom. The fourth-order valence-corrected chi connectivity index (χ4v) is 1.94. The Labute approximate surface area is 84.3 Å². The van der Waals surface area contributed by atoms with E-state index in [0.717, 1.165) is 24.1 Å². The van der Waals surface area contributed by atoms with E-state index in [-0.39, 0.29) is 5.54 Å². The minimum Gasteiger partial charge on any atom is -0.481 e. The van der Waals surface area contributed by atoms with Gasteiger partial charge in [-0.1, -0.05) is 0 Å². The summed E-state index contributed by atoms with van der Waals surface area (Å²) in [6.45, 7) is 4.04. The van der Waals surface area contributed by atoms with Crippen LogP contribution in [0.4, 0.5) is 0 Å². The summed E-state index contributed by atoms with van der Waals surface area (Å²) in [5, 5.41) is 0. The van der Waals surface area contributed by atoms with Crippen molar-refractivity contribution in [1.29, 1.82) is 0 Å². The van der Waals surface area contributed by atoms with Gasteiger partial charge in [0.25, 0.3) is 0 Å². The third kappa shape index (κ3) is 1.38. The van der Waals surface area contributed by atoms with E-state index in [4.69, 9.17) is 10.5 Å². The van der Waals surface area contributed by atoms with Crippen LogP contribution in [0.5, 0.6) is 5.88 Å². The molecule has 1 aliphatic carbocycles. The number of nitrogens with two attached hydrogens (primary N) is 1. The number of aryl methyl sites for hydroxylation is 2. The highest BCUT2D eigenvalue weighted by molar-refractivity contribution is 5.44. The fraction of sp³-hybridized carbons (Fsp3) is 0.545. The molecule has 1 aromatic rings. The highest BCUT2D eigenvalue weighted by atomic mass is 16.5. The molecular weight excluding hydrogens is 176 g/mol. The molecule has 1 aliphatic rings. The number of aromatic nitrogens is 1. The van der Waals surface area contributed by atoms with Gasteiger partial charge >= 0.3 is 0 Å². The minimum absolute atomic E-state index is 0.171. The van der Waals surface area contributed by atoms with Gasteiger partial charge in [0.2, 0.25) is 5.88 Å². The molecule has 2 rings (SSSR count). The van der Waals surface area contributed by atoms with Gasteiger partial charge in [0.15, 0.2) is 0 Å². The maximum absolute atomic E-state index is 6.18. The van der Waals surface area contributed by atoms with E-state index in [1.54, 1.807) is 7.11 Å². The lowest BCUT2D eigenvalue weighted by atomic mass is 10.0. The molecule has 2 N–H and O–H groups in total. The van der Waals surface area contributed by atoms with E-state index >= 15 is 0 Å². The zero-order chi connectivity index (χ0) is 10.3. The second kappa shape index (κ2) is 2.95. The van der Waals surface area contributed by atoms with Crippen LogP contribution in [0.25, 0.3) is 0 Å². The van der Waals surface area contributed by atoms with Crippen LogP contribution in [-0.4, -0.2) is 12.1 Å². The van der Waals surface area contributed by atoms with Crippen LogP contribution in [0.15, 0.2) is 6.07 Å². The molecule has 0 spiro atoms. The molecule has 0 unspecified atom stereocenters. The van der Waals surface area contributed by atoms with Gasteiger partial charge in [-0.05, 0) is 38.3 Å². The summed E-state index contributed by atoms with van der Waals surface area (Å²) in [7, 11) is 1.65. The van der Waals surface area contributed by atoms with E-state index in [9.17, 15) is 0 Å². The number of nitrogens with zero attached hydrogens (tertiary/aromatic N) is 1. The van der Waals surface area contributed by atoms with Crippen LogP contribution in [0, 0.1) is 13.8 Å². The van der Waals surface area contributed by atoms with Crippen LogP contribution in [0.1, 0.15) is 29.7 Å². The van der Waals surface area contributed by atoms with Crippen LogP contribution in [0.2, 0.25) is 0 Å². The molecule has 1 fully saturated rings. The van der Waals surface area contributed by atoms with Gasteiger partial charge in [-0.25, -0.2) is 4.98 Å². The summed E-state index contributed by atoms with van der Waals surface area (Å²) in [5.41, 5.74) is 9.26. The van der Waals surface area contributed by atoms with Gasteiger partial charge in [0.05, 0.1) is 7.11 Å². The number of ether oxygens (including phenoxy) is 1. The Morgan fingerprint density at radius 3 is 2.57 bits per heavy atom. The number of hydrogen-bond donors (Lipinski definition) is 1. The zero-order valence-corrected chi connectivity index (χ0v) is 8.92. The lowest BCUT2D eigenvalue weighted by molar-refractivity contribution is 0.385. The maximum atomic E-state index is 6.18. The first-order valence-electron chi connectivity index (χ1n) is 4.88. The molecule has 3 nitrogen and oxygen atoms in total. The maximum Gasteiger partial charge on any atom is 0.218 e. The first kappa shape index (κ1) is 9.46. The average molecular weight is 192 g/mol. The summed E-state index contributed by atoms with van der Waals surface area (Å²) in [5.74, 6) is 0.697. The molecule has 0 saturated heterocycles. The largest absolute Gasteiger partial charge is 0.481 e. The SMILES string of the molecule is COc1nc(C)cc(C)c1C1(N)CC1. The molecular formula is C11H16N2O. The molecule has 0 aliphatic heterocycles. The summed E-state index contributed by atoms with van der Waals surface area (Å²) in [6.07, 6.45) is 2.07. The van der Waals surface area contributed by atoms with E-state index in [0.29, 0.717) is 5.88 Å². The molecule has 76 valence electrons. The molecule has 1 aromatic heterocycles. The van der Waals surface area contributed by atoms with Crippen LogP contribution in [0.3, 0.4) is 0 Å². The monoisotopic (exact) mass is 192 g/mol. The van der Waals surface area contributed by atoms with Crippen LogP contribution in [-0.2, 0) is 5.54 Å². The van der Waals surface area contributed by atoms with Crippen molar-refractivity contribution in [3.05, 3.63) is 22.9 Å². The Balaban J connectivity index is 2.56. The van der Waals surface area contributed by atoms with Gasteiger partial charge < -0.3 is 10.5 Å². The molecule has 14 heavy (non-hydrogen) atoms. The Bertz CT molecular complexity index is 370. The second-order valence-electron chi connectivity index (χ2n) is 4.12. The minimum atomic E-state index is -0.171. The summed E-state index contributed by atoms with van der Waals surface area (Å²) in [6, 6.07) is 2.06. The highest BCUT2D eigenvalue weighted by Crippen LogP contribution is 2.47. The molecule has 0 radical (unpaired) electrons. The van der Waals surface area contributed by atoms with E-state index in [1.165, 1.54) is 5.56 Å². The molecule has 1 saturated carbocycles. The lowest BCUT2D eigenvalue weighted by Crippen LogP contribution is -2.21. The molecule has 3 heteroatoms. The van der Waals surface area contributed by atoms with Crippen molar-refractivity contribution >= 4 is 0 Å². The van der Waals surface area contributed by atoms with Crippen LogP contribution >= 0.6 is 0 Å². The average Bonchev–Trinajstić information content (AvgIpc) is 2.82. The Hall–Kier alpha value is -1.09. The van der Waals surface area contributed by atoms with E-state index in [2.05, 4.69) is 18.0 Å². The van der Waals surface area contributed by atoms with Crippen molar-refractivity contribution in [3.63, 3.8) is 0 Å². The summed E-state index contributed by atoms with van der Waals surface area (Å²) in [4.78, 5) is 4.36. The van der Waals surface area contributed by atoms with Crippen molar-refractivity contribution in [3.8, 4) is 5.88 Å². The van der Waals surface area contributed by atoms with Gasteiger partial charge in [-0.3, -0.25) is 0 Å². The quantitative estimate of drug-likeness (QED) is 0.775. The first-order valence-corrected chi connectivity index (χ1v) is 4.88. The fourth-order valence-electron chi connectivity index (χ4n) is 1.94. The molecule has 0 atom stereocenters. The molecule has 0 aromatic carbocycles. The van der Waals surface area contributed by atoms with Gasteiger partial charge in [0, 0.05) is 16.8 Å². The normalized spacial score (nSPS) is 18.0. The van der Waals surface area contributed by atoms with E-state index < -0.39 is 0 Å². The number of pyridine rings is 1. The summed E-state index contributed by atoms with van der Waals surface area (Å²) < 4.78 is 5.28. The third-order valence-electron chi connectivity index (χ3n) is 2.79. The van der Waals surface area contributed by atoms with Crippen molar-refractivity contribution in [2.75, 3.05) is 7.11 Å². The summed E-state index contributed by atoms with van der Waals surface area (Å²) >= 11 is 0. The number of rotatable bonds is 2. The lowest BCUT2D eigenvalue weighted by Gasteiger charge is -2.16. The van der Waals surface area contributed by atoms with Crippen molar-refractivity contribution in [2.45, 2.75) is 32.2 Å².